The third-order valence-electron chi connectivity index (χ3n) is 2.09. The van der Waals surface area contributed by atoms with Crippen molar-refractivity contribution in [1.82, 2.24) is 19.6 Å². The van der Waals surface area contributed by atoms with E-state index in [9.17, 15) is 4.79 Å². The van der Waals surface area contributed by atoms with Gasteiger partial charge in [-0.2, -0.15) is 16.3 Å². The number of hydrogen-bond donors (Lipinski definition) is 3. The van der Waals surface area contributed by atoms with Crippen molar-refractivity contribution in [2.75, 3.05) is 12.4 Å². The van der Waals surface area contributed by atoms with Gasteiger partial charge in [0.15, 0.2) is 0 Å². The number of aliphatic hydroxyl groups excluding tert-OH is 2. The summed E-state index contributed by atoms with van der Waals surface area (Å²) in [7, 11) is 0. The molecule has 3 N–H and O–H groups in total. The van der Waals surface area contributed by atoms with Crippen LogP contribution in [0, 0.1) is 0 Å². The molecule has 8 heteroatoms. The first-order chi connectivity index (χ1) is 8.20. The summed E-state index contributed by atoms with van der Waals surface area (Å²) in [6.45, 7) is -0.262. The van der Waals surface area contributed by atoms with Crippen molar-refractivity contribution in [2.24, 2.45) is 0 Å². The highest BCUT2D eigenvalue weighted by Crippen LogP contribution is 2.10. The molecule has 0 bridgehead atoms. The molecule has 0 amide bonds. The van der Waals surface area contributed by atoms with Crippen molar-refractivity contribution in [3.63, 3.8) is 0 Å². The maximum atomic E-state index is 11.6. The Labute approximate surface area is 101 Å². The molecule has 0 aliphatic carbocycles. The van der Waals surface area contributed by atoms with Gasteiger partial charge in [-0.15, -0.1) is 0 Å². The summed E-state index contributed by atoms with van der Waals surface area (Å²) >= 11 is 1.40. The van der Waals surface area contributed by atoms with Crippen LogP contribution < -0.4 is 5.56 Å². The molecule has 2 aromatic heterocycles. The van der Waals surface area contributed by atoms with Crippen molar-refractivity contribution >= 4 is 17.5 Å². The molecule has 0 spiro atoms. The quantitative estimate of drug-likeness (QED) is 0.634. The molecule has 2 rings (SSSR count). The normalized spacial score (nSPS) is 13.1. The molecular formula is C9H12N4O3S. The number of H-pyrrole nitrogens is 1. The van der Waals surface area contributed by atoms with Crippen molar-refractivity contribution in [3.8, 4) is 0 Å². The molecule has 1 atom stereocenters. The highest BCUT2D eigenvalue weighted by atomic mass is 32.2. The lowest BCUT2D eigenvalue weighted by molar-refractivity contribution is 0.113. The van der Waals surface area contributed by atoms with Gasteiger partial charge in [-0.05, 0) is 0 Å². The van der Waals surface area contributed by atoms with E-state index in [1.54, 1.807) is 0 Å². The van der Waals surface area contributed by atoms with Gasteiger partial charge in [0, 0.05) is 17.6 Å². The van der Waals surface area contributed by atoms with E-state index in [4.69, 9.17) is 10.2 Å². The van der Waals surface area contributed by atoms with Crippen LogP contribution in [0.3, 0.4) is 0 Å². The summed E-state index contributed by atoms with van der Waals surface area (Å²) in [5.41, 5.74) is 0.392. The van der Waals surface area contributed by atoms with Crippen LogP contribution >= 0.6 is 11.8 Å². The largest absolute Gasteiger partial charge is 0.394 e. The van der Waals surface area contributed by atoms with Crippen molar-refractivity contribution in [1.29, 1.82) is 0 Å². The predicted octanol–water partition coefficient (Wildman–Crippen LogP) is -0.996. The number of aromatic amines is 1. The number of nitrogens with zero attached hydrogens (tertiary/aromatic N) is 3. The smallest absolute Gasteiger partial charge is 0.274 e. The number of hydrogen-bond acceptors (Lipinski definition) is 6. The van der Waals surface area contributed by atoms with Gasteiger partial charge < -0.3 is 10.2 Å². The van der Waals surface area contributed by atoms with E-state index in [0.29, 0.717) is 23.0 Å². The fourth-order valence-corrected chi connectivity index (χ4v) is 2.15. The fourth-order valence-electron chi connectivity index (χ4n) is 1.29. The lowest BCUT2D eigenvalue weighted by Crippen LogP contribution is -2.17. The zero-order chi connectivity index (χ0) is 12.3. The lowest BCUT2D eigenvalue weighted by atomic mass is 10.4. The molecule has 7 nitrogen and oxygen atoms in total. The van der Waals surface area contributed by atoms with Gasteiger partial charge in [0.1, 0.15) is 6.33 Å². The summed E-state index contributed by atoms with van der Waals surface area (Å²) in [5.74, 6) is 1.23. The van der Waals surface area contributed by atoms with Crippen LogP contribution in [-0.2, 0) is 5.75 Å². The summed E-state index contributed by atoms with van der Waals surface area (Å²) in [6.07, 6.45) is 0.658. The minimum Gasteiger partial charge on any atom is -0.394 e. The first-order valence-corrected chi connectivity index (χ1v) is 6.15. The molecule has 0 saturated heterocycles. The SMILES string of the molecule is O=c1cc(CSCC(O)CO)nc2nc[nH]n12. The maximum absolute atomic E-state index is 11.6. The molecule has 0 saturated carbocycles. The Morgan fingerprint density at radius 3 is 3.18 bits per heavy atom. The standard InChI is InChI=1S/C9H12N4O3S/c14-2-7(15)4-17-3-6-1-8(16)13-9(12-6)10-5-11-13/h1,5,7,14-15H,2-4H2,(H,10,11,12). The Balaban J connectivity index is 2.06. The Hall–Kier alpha value is -1.38. The van der Waals surface area contributed by atoms with Gasteiger partial charge in [-0.25, -0.2) is 9.97 Å². The molecule has 2 heterocycles. The average Bonchev–Trinajstić information content (AvgIpc) is 2.77. The van der Waals surface area contributed by atoms with Gasteiger partial charge in [0.2, 0.25) is 0 Å². The molecular weight excluding hydrogens is 244 g/mol. The fraction of sp³-hybridized carbons (Fsp3) is 0.444. The van der Waals surface area contributed by atoms with Crippen molar-refractivity contribution in [2.45, 2.75) is 11.9 Å². The van der Waals surface area contributed by atoms with Gasteiger partial charge in [-0.3, -0.25) is 9.89 Å². The Morgan fingerprint density at radius 2 is 2.41 bits per heavy atom. The monoisotopic (exact) mass is 256 g/mol. The highest BCUT2D eigenvalue weighted by Gasteiger charge is 2.06. The molecule has 0 aromatic carbocycles. The van der Waals surface area contributed by atoms with E-state index in [-0.39, 0.29) is 12.2 Å². The van der Waals surface area contributed by atoms with Gasteiger partial charge >= 0.3 is 0 Å². The predicted molar refractivity (Wildman–Crippen MR) is 62.9 cm³/mol. The van der Waals surface area contributed by atoms with Crippen molar-refractivity contribution in [3.05, 3.63) is 28.4 Å². The van der Waals surface area contributed by atoms with E-state index >= 15 is 0 Å². The molecule has 17 heavy (non-hydrogen) atoms. The molecule has 0 aliphatic rings. The second-order valence-electron chi connectivity index (χ2n) is 3.46. The lowest BCUT2D eigenvalue weighted by Gasteiger charge is -2.05. The topological polar surface area (TPSA) is 104 Å². The van der Waals surface area contributed by atoms with Crippen LogP contribution in [0.4, 0.5) is 0 Å². The molecule has 1 unspecified atom stereocenters. The third kappa shape index (κ3) is 2.84. The van der Waals surface area contributed by atoms with Crippen LogP contribution in [0.1, 0.15) is 5.69 Å². The Kier molecular flexibility index (Phi) is 3.77. The summed E-state index contributed by atoms with van der Waals surface area (Å²) in [4.78, 5) is 19.6. The molecule has 0 radical (unpaired) electrons. The van der Waals surface area contributed by atoms with Gasteiger partial charge in [0.25, 0.3) is 11.3 Å². The van der Waals surface area contributed by atoms with Crippen molar-refractivity contribution < 1.29 is 10.2 Å². The number of aromatic nitrogens is 4. The van der Waals surface area contributed by atoms with E-state index < -0.39 is 6.10 Å². The number of thioether (sulfide) groups is 1. The third-order valence-corrected chi connectivity index (χ3v) is 3.21. The minimum atomic E-state index is -0.741. The van der Waals surface area contributed by atoms with E-state index in [1.807, 2.05) is 0 Å². The van der Waals surface area contributed by atoms with Crippen LogP contribution in [0.5, 0.6) is 0 Å². The number of nitrogens with one attached hydrogen (secondary N) is 1. The summed E-state index contributed by atoms with van der Waals surface area (Å²) in [6, 6.07) is 1.42. The average molecular weight is 256 g/mol. The first kappa shape index (κ1) is 12.1. The minimum absolute atomic E-state index is 0.217. The van der Waals surface area contributed by atoms with Crippen LogP contribution in [0.25, 0.3) is 5.78 Å². The molecule has 92 valence electrons. The van der Waals surface area contributed by atoms with Crippen LogP contribution in [0.2, 0.25) is 0 Å². The van der Waals surface area contributed by atoms with E-state index in [1.165, 1.54) is 28.7 Å². The first-order valence-electron chi connectivity index (χ1n) is 4.99. The molecule has 2 aromatic rings. The highest BCUT2D eigenvalue weighted by molar-refractivity contribution is 7.98. The zero-order valence-electron chi connectivity index (χ0n) is 8.91. The second-order valence-corrected chi connectivity index (χ2v) is 4.49. The van der Waals surface area contributed by atoms with Gasteiger partial charge in [0.05, 0.1) is 18.4 Å². The number of rotatable bonds is 5. The maximum Gasteiger partial charge on any atom is 0.274 e. The summed E-state index contributed by atoms with van der Waals surface area (Å²) in [5, 5.41) is 20.4. The van der Waals surface area contributed by atoms with Crippen LogP contribution in [-0.4, -0.2) is 48.3 Å². The summed E-state index contributed by atoms with van der Waals surface area (Å²) < 4.78 is 1.25. The van der Waals surface area contributed by atoms with E-state index in [0.717, 1.165) is 0 Å². The number of fused-ring (bicyclic) bond motifs is 1. The van der Waals surface area contributed by atoms with Crippen LogP contribution in [0.15, 0.2) is 17.2 Å². The Morgan fingerprint density at radius 1 is 1.59 bits per heavy atom. The second kappa shape index (κ2) is 5.30. The molecule has 0 aliphatic heterocycles. The van der Waals surface area contributed by atoms with Gasteiger partial charge in [-0.1, -0.05) is 0 Å². The Bertz CT molecular complexity index is 552. The molecule has 0 fully saturated rings. The number of aliphatic hydroxyl groups is 2. The zero-order valence-corrected chi connectivity index (χ0v) is 9.72. The van der Waals surface area contributed by atoms with E-state index in [2.05, 4.69) is 15.1 Å².